The summed E-state index contributed by atoms with van der Waals surface area (Å²) in [5, 5.41) is 0. The molecule has 0 radical (unpaired) electrons. The zero-order chi connectivity index (χ0) is 18.0. The molecule has 2 saturated heterocycles. The van der Waals surface area contributed by atoms with Gasteiger partial charge in [0.15, 0.2) is 0 Å². The maximum atomic E-state index is 12.8. The number of amides is 1. The summed E-state index contributed by atoms with van der Waals surface area (Å²) >= 11 is 0. The molecule has 1 aromatic rings. The number of sulfonamides is 1. The van der Waals surface area contributed by atoms with Crippen LogP contribution < -0.4 is 10.5 Å². The van der Waals surface area contributed by atoms with Crippen LogP contribution >= 0.6 is 0 Å². The summed E-state index contributed by atoms with van der Waals surface area (Å²) in [4.78, 5) is 14.5. The van der Waals surface area contributed by atoms with Crippen LogP contribution in [0.3, 0.4) is 0 Å². The molecule has 25 heavy (non-hydrogen) atoms. The van der Waals surface area contributed by atoms with Gasteiger partial charge in [0.05, 0.1) is 30.8 Å². The van der Waals surface area contributed by atoms with E-state index >= 15 is 0 Å². The lowest BCUT2D eigenvalue weighted by Crippen LogP contribution is -2.40. The maximum absolute atomic E-state index is 12.8. The number of morpholine rings is 1. The molecule has 2 heterocycles. The summed E-state index contributed by atoms with van der Waals surface area (Å²) in [6.07, 6.45) is 0.736. The first-order chi connectivity index (χ1) is 11.9. The summed E-state index contributed by atoms with van der Waals surface area (Å²) in [5.74, 6) is 0.0928. The van der Waals surface area contributed by atoms with Crippen molar-refractivity contribution in [3.8, 4) is 5.75 Å². The number of rotatable bonds is 4. The topological polar surface area (TPSA) is 102 Å². The highest BCUT2D eigenvalue weighted by atomic mass is 32.2. The molecule has 138 valence electrons. The molecule has 2 aliphatic heterocycles. The Balaban J connectivity index is 1.93. The maximum Gasteiger partial charge on any atom is 0.257 e. The second-order valence-corrected chi connectivity index (χ2v) is 8.12. The van der Waals surface area contributed by atoms with Crippen LogP contribution in [0.1, 0.15) is 16.8 Å². The van der Waals surface area contributed by atoms with Crippen LogP contribution in [0.25, 0.3) is 0 Å². The van der Waals surface area contributed by atoms with E-state index in [9.17, 15) is 13.2 Å². The predicted molar refractivity (Wildman–Crippen MR) is 91.1 cm³/mol. The Labute approximate surface area is 147 Å². The van der Waals surface area contributed by atoms with E-state index < -0.39 is 10.0 Å². The first-order valence-corrected chi connectivity index (χ1v) is 9.68. The SMILES string of the molecule is COc1ccc(S(=O)(=O)N2CCOCC2)cc1C(=O)N1CC[C@@H](N)C1. The van der Waals surface area contributed by atoms with Crippen LogP contribution in [0.15, 0.2) is 23.1 Å². The van der Waals surface area contributed by atoms with Gasteiger partial charge in [-0.3, -0.25) is 4.79 Å². The van der Waals surface area contributed by atoms with Gasteiger partial charge >= 0.3 is 0 Å². The Bertz CT molecular complexity index is 746. The molecule has 2 fully saturated rings. The van der Waals surface area contributed by atoms with Gasteiger partial charge in [-0.1, -0.05) is 0 Å². The number of methoxy groups -OCH3 is 1. The lowest BCUT2D eigenvalue weighted by Gasteiger charge is -2.26. The Hall–Kier alpha value is -1.68. The molecule has 2 N–H and O–H groups in total. The number of ether oxygens (including phenoxy) is 2. The number of hydrogen-bond acceptors (Lipinski definition) is 6. The van der Waals surface area contributed by atoms with Crippen molar-refractivity contribution in [1.29, 1.82) is 0 Å². The Kier molecular flexibility index (Phi) is 5.28. The minimum atomic E-state index is -3.67. The first kappa shape index (κ1) is 18.1. The predicted octanol–water partition coefficient (Wildman–Crippen LogP) is -0.111. The van der Waals surface area contributed by atoms with Crippen LogP contribution in [0.5, 0.6) is 5.75 Å². The monoisotopic (exact) mass is 369 g/mol. The summed E-state index contributed by atoms with van der Waals surface area (Å²) in [5.41, 5.74) is 6.11. The molecule has 3 rings (SSSR count). The molecule has 2 aliphatic rings. The fraction of sp³-hybridized carbons (Fsp3) is 0.562. The second kappa shape index (κ2) is 7.28. The third kappa shape index (κ3) is 3.64. The van der Waals surface area contributed by atoms with Crippen molar-refractivity contribution in [3.63, 3.8) is 0 Å². The molecule has 1 amide bonds. The normalized spacial score (nSPS) is 22.2. The van der Waals surface area contributed by atoms with Gasteiger partial charge in [0.2, 0.25) is 10.0 Å². The zero-order valence-corrected chi connectivity index (χ0v) is 15.0. The molecular formula is C16H23N3O5S. The van der Waals surface area contributed by atoms with E-state index in [-0.39, 0.29) is 22.4 Å². The molecule has 1 aromatic carbocycles. The van der Waals surface area contributed by atoms with Crippen LogP contribution in [0.4, 0.5) is 0 Å². The molecular weight excluding hydrogens is 346 g/mol. The van der Waals surface area contributed by atoms with Crippen molar-refractivity contribution in [2.45, 2.75) is 17.4 Å². The Morgan fingerprint density at radius 2 is 2.00 bits per heavy atom. The van der Waals surface area contributed by atoms with Crippen molar-refractivity contribution in [3.05, 3.63) is 23.8 Å². The molecule has 0 aliphatic carbocycles. The quantitative estimate of drug-likeness (QED) is 0.794. The lowest BCUT2D eigenvalue weighted by molar-refractivity contribution is 0.0730. The average Bonchev–Trinajstić information content (AvgIpc) is 3.07. The van der Waals surface area contributed by atoms with Gasteiger partial charge in [-0.25, -0.2) is 8.42 Å². The number of benzene rings is 1. The lowest BCUT2D eigenvalue weighted by atomic mass is 10.1. The smallest absolute Gasteiger partial charge is 0.257 e. The zero-order valence-electron chi connectivity index (χ0n) is 14.2. The van der Waals surface area contributed by atoms with Gasteiger partial charge in [0, 0.05) is 32.2 Å². The van der Waals surface area contributed by atoms with Crippen LogP contribution in [0, 0.1) is 0 Å². The number of hydrogen-bond donors (Lipinski definition) is 1. The number of nitrogens with two attached hydrogens (primary N) is 1. The summed E-state index contributed by atoms with van der Waals surface area (Å²) in [7, 11) is -2.22. The van der Waals surface area contributed by atoms with Crippen molar-refractivity contribution >= 4 is 15.9 Å². The second-order valence-electron chi connectivity index (χ2n) is 6.18. The summed E-state index contributed by atoms with van der Waals surface area (Å²) in [6.45, 7) is 2.36. The molecule has 0 spiro atoms. The largest absolute Gasteiger partial charge is 0.496 e. The van der Waals surface area contributed by atoms with E-state index in [0.717, 1.165) is 6.42 Å². The van der Waals surface area contributed by atoms with Gasteiger partial charge in [-0.2, -0.15) is 4.31 Å². The third-order valence-corrected chi connectivity index (χ3v) is 6.42. The van der Waals surface area contributed by atoms with Crippen molar-refractivity contribution in [2.75, 3.05) is 46.5 Å². The minimum Gasteiger partial charge on any atom is -0.496 e. The van der Waals surface area contributed by atoms with Crippen LogP contribution in [-0.4, -0.2) is 76.1 Å². The number of likely N-dealkylation sites (tertiary alicyclic amines) is 1. The molecule has 0 aromatic heterocycles. The van der Waals surface area contributed by atoms with Crippen LogP contribution in [0.2, 0.25) is 0 Å². The fourth-order valence-corrected chi connectivity index (χ4v) is 4.53. The molecule has 0 bridgehead atoms. The van der Waals surface area contributed by atoms with Gasteiger partial charge in [0.1, 0.15) is 5.75 Å². The molecule has 1 atom stereocenters. The average molecular weight is 369 g/mol. The minimum absolute atomic E-state index is 0.0461. The van der Waals surface area contributed by atoms with Crippen molar-refractivity contribution in [1.82, 2.24) is 9.21 Å². The molecule has 0 saturated carbocycles. The van der Waals surface area contributed by atoms with Crippen LogP contribution in [-0.2, 0) is 14.8 Å². The Morgan fingerprint density at radius 3 is 2.60 bits per heavy atom. The van der Waals surface area contributed by atoms with Gasteiger partial charge in [-0.05, 0) is 24.6 Å². The molecule has 8 nitrogen and oxygen atoms in total. The van der Waals surface area contributed by atoms with Crippen molar-refractivity contribution < 1.29 is 22.7 Å². The van der Waals surface area contributed by atoms with E-state index in [1.165, 1.54) is 29.6 Å². The highest BCUT2D eigenvalue weighted by Gasteiger charge is 2.30. The molecule has 9 heteroatoms. The fourth-order valence-electron chi connectivity index (χ4n) is 3.09. The van der Waals surface area contributed by atoms with Gasteiger partial charge < -0.3 is 20.1 Å². The van der Waals surface area contributed by atoms with E-state index in [0.29, 0.717) is 45.1 Å². The van der Waals surface area contributed by atoms with Crippen molar-refractivity contribution in [2.24, 2.45) is 5.73 Å². The van der Waals surface area contributed by atoms with Gasteiger partial charge in [-0.15, -0.1) is 0 Å². The Morgan fingerprint density at radius 1 is 1.28 bits per heavy atom. The third-order valence-electron chi connectivity index (χ3n) is 4.52. The number of carbonyl (C=O) groups is 1. The number of nitrogens with zero attached hydrogens (tertiary/aromatic N) is 2. The summed E-state index contributed by atoms with van der Waals surface area (Å²) < 4.78 is 37.5. The van der Waals surface area contributed by atoms with Gasteiger partial charge in [0.25, 0.3) is 5.91 Å². The standard InChI is InChI=1S/C16H23N3O5S/c1-23-15-3-2-13(25(21,22)19-6-8-24-9-7-19)10-14(15)16(20)18-5-4-12(17)11-18/h2-3,10,12H,4-9,11,17H2,1H3/t12-/m1/s1. The van der Waals surface area contributed by atoms with E-state index in [1.54, 1.807) is 4.90 Å². The van der Waals surface area contributed by atoms with E-state index in [1.807, 2.05) is 0 Å². The highest BCUT2D eigenvalue weighted by molar-refractivity contribution is 7.89. The first-order valence-electron chi connectivity index (χ1n) is 8.24. The van der Waals surface area contributed by atoms with E-state index in [4.69, 9.17) is 15.2 Å². The van der Waals surface area contributed by atoms with E-state index in [2.05, 4.69) is 0 Å². The summed E-state index contributed by atoms with van der Waals surface area (Å²) in [6, 6.07) is 4.35. The molecule has 0 unspecified atom stereocenters. The highest BCUT2D eigenvalue weighted by Crippen LogP contribution is 2.27. The number of carbonyl (C=O) groups excluding carboxylic acids is 1.